The third kappa shape index (κ3) is 3.47. The van der Waals surface area contributed by atoms with E-state index < -0.39 is 6.10 Å². The molecule has 2 N–H and O–H groups in total. The molecule has 94 valence electrons. The zero-order valence-electron chi connectivity index (χ0n) is 10.0. The molecule has 0 saturated heterocycles. The number of fused-ring (bicyclic) bond motifs is 1. The van der Waals surface area contributed by atoms with Gasteiger partial charge in [-0.2, -0.15) is 11.8 Å². The van der Waals surface area contributed by atoms with Crippen LogP contribution in [-0.4, -0.2) is 34.4 Å². The van der Waals surface area contributed by atoms with Crippen LogP contribution in [0.5, 0.6) is 0 Å². The summed E-state index contributed by atoms with van der Waals surface area (Å²) in [7, 11) is 0. The molecule has 0 spiro atoms. The maximum absolute atomic E-state index is 9.31. The van der Waals surface area contributed by atoms with E-state index >= 15 is 0 Å². The Balaban J connectivity index is 1.90. The monoisotopic (exact) mass is 252 g/mol. The molecule has 0 bridgehead atoms. The summed E-state index contributed by atoms with van der Waals surface area (Å²) in [5, 5.41) is 18.1. The summed E-state index contributed by atoms with van der Waals surface area (Å²) >= 11 is 1.75. The Morgan fingerprint density at radius 1 is 1.35 bits per heavy atom. The minimum atomic E-state index is -0.571. The van der Waals surface area contributed by atoms with E-state index in [1.165, 1.54) is 30.4 Å². The second kappa shape index (κ2) is 6.43. The standard InChI is InChI=1S/C14H20O2S/c15-8-13(16)10-17-9-12-6-3-5-11-4-1-2-7-14(11)12/h1-2,4,7,12-13,15-16H,3,5-6,8-10H2. The molecule has 0 saturated carbocycles. The number of thioether (sulfide) groups is 1. The molecule has 1 aliphatic carbocycles. The van der Waals surface area contributed by atoms with Gasteiger partial charge in [-0.1, -0.05) is 24.3 Å². The van der Waals surface area contributed by atoms with Gasteiger partial charge in [0.15, 0.2) is 0 Å². The molecular formula is C14H20O2S. The maximum atomic E-state index is 9.31. The lowest BCUT2D eigenvalue weighted by molar-refractivity contribution is 0.113. The number of aliphatic hydroxyl groups is 2. The maximum Gasteiger partial charge on any atom is 0.0861 e. The van der Waals surface area contributed by atoms with Crippen molar-refractivity contribution in [2.75, 3.05) is 18.1 Å². The van der Waals surface area contributed by atoms with E-state index in [1.807, 2.05) is 0 Å². The van der Waals surface area contributed by atoms with Crippen LogP contribution in [0.15, 0.2) is 24.3 Å². The van der Waals surface area contributed by atoms with E-state index in [2.05, 4.69) is 24.3 Å². The molecule has 1 aliphatic rings. The molecule has 2 unspecified atom stereocenters. The number of aliphatic hydroxyl groups excluding tert-OH is 2. The fourth-order valence-electron chi connectivity index (χ4n) is 2.43. The largest absolute Gasteiger partial charge is 0.394 e. The van der Waals surface area contributed by atoms with E-state index in [-0.39, 0.29) is 6.61 Å². The van der Waals surface area contributed by atoms with Crippen LogP contribution in [0.25, 0.3) is 0 Å². The first kappa shape index (κ1) is 12.9. The third-order valence-electron chi connectivity index (χ3n) is 3.33. The predicted molar refractivity (Wildman–Crippen MR) is 72.5 cm³/mol. The fraction of sp³-hybridized carbons (Fsp3) is 0.571. The predicted octanol–water partition coefficient (Wildman–Crippen LogP) is 2.19. The normalized spacial score (nSPS) is 20.9. The molecule has 0 aliphatic heterocycles. The second-order valence-corrected chi connectivity index (χ2v) is 5.74. The zero-order valence-corrected chi connectivity index (χ0v) is 10.8. The number of aryl methyl sites for hydroxylation is 1. The molecule has 2 rings (SSSR count). The van der Waals surface area contributed by atoms with Gasteiger partial charge in [0.05, 0.1) is 12.7 Å². The Morgan fingerprint density at radius 3 is 3.00 bits per heavy atom. The van der Waals surface area contributed by atoms with E-state index in [4.69, 9.17) is 5.11 Å². The van der Waals surface area contributed by atoms with Crippen LogP contribution in [0.1, 0.15) is 29.9 Å². The topological polar surface area (TPSA) is 40.5 Å². The van der Waals surface area contributed by atoms with E-state index in [0.717, 1.165) is 5.75 Å². The van der Waals surface area contributed by atoms with Crippen molar-refractivity contribution in [2.24, 2.45) is 0 Å². The van der Waals surface area contributed by atoms with Crippen molar-refractivity contribution in [3.63, 3.8) is 0 Å². The van der Waals surface area contributed by atoms with Crippen molar-refractivity contribution >= 4 is 11.8 Å². The molecule has 1 aromatic carbocycles. The molecule has 3 heteroatoms. The van der Waals surface area contributed by atoms with Gasteiger partial charge in [0.2, 0.25) is 0 Å². The SMILES string of the molecule is OCC(O)CSCC1CCCc2ccccc21. The van der Waals surface area contributed by atoms with Crippen molar-refractivity contribution in [3.8, 4) is 0 Å². The van der Waals surface area contributed by atoms with Crippen molar-refractivity contribution in [3.05, 3.63) is 35.4 Å². The Bertz CT molecular complexity index is 354. The van der Waals surface area contributed by atoms with Crippen molar-refractivity contribution in [1.29, 1.82) is 0 Å². The summed E-state index contributed by atoms with van der Waals surface area (Å²) in [5.41, 5.74) is 2.98. The van der Waals surface area contributed by atoms with Crippen LogP contribution < -0.4 is 0 Å². The number of hydrogen-bond acceptors (Lipinski definition) is 3. The highest BCUT2D eigenvalue weighted by molar-refractivity contribution is 7.99. The van der Waals surface area contributed by atoms with Gasteiger partial charge in [-0.15, -0.1) is 0 Å². The lowest BCUT2D eigenvalue weighted by atomic mass is 9.84. The molecule has 0 aromatic heterocycles. The van der Waals surface area contributed by atoms with Gasteiger partial charge in [-0.3, -0.25) is 0 Å². The van der Waals surface area contributed by atoms with Gasteiger partial charge in [0, 0.05) is 11.5 Å². The van der Waals surface area contributed by atoms with Gasteiger partial charge < -0.3 is 10.2 Å². The van der Waals surface area contributed by atoms with Crippen molar-refractivity contribution < 1.29 is 10.2 Å². The Hall–Kier alpha value is -0.510. The van der Waals surface area contributed by atoms with Crippen LogP contribution in [0.4, 0.5) is 0 Å². The third-order valence-corrected chi connectivity index (χ3v) is 4.59. The Labute approximate surface area is 107 Å². The first-order valence-electron chi connectivity index (χ1n) is 6.25. The van der Waals surface area contributed by atoms with Crippen LogP contribution in [-0.2, 0) is 6.42 Å². The summed E-state index contributed by atoms with van der Waals surface area (Å²) in [6.07, 6.45) is 3.15. The average molecular weight is 252 g/mol. The number of benzene rings is 1. The molecule has 0 heterocycles. The quantitative estimate of drug-likeness (QED) is 0.844. The van der Waals surface area contributed by atoms with Crippen molar-refractivity contribution in [2.45, 2.75) is 31.3 Å². The molecule has 0 radical (unpaired) electrons. The molecule has 2 nitrogen and oxygen atoms in total. The number of hydrogen-bond donors (Lipinski definition) is 2. The second-order valence-electron chi connectivity index (χ2n) is 4.66. The van der Waals surface area contributed by atoms with Crippen LogP contribution in [0.3, 0.4) is 0 Å². The van der Waals surface area contributed by atoms with Crippen LogP contribution in [0, 0.1) is 0 Å². The van der Waals surface area contributed by atoms with Gasteiger partial charge in [-0.25, -0.2) is 0 Å². The molecule has 0 amide bonds. The summed E-state index contributed by atoms with van der Waals surface area (Å²) < 4.78 is 0. The summed E-state index contributed by atoms with van der Waals surface area (Å²) in [5.74, 6) is 2.30. The summed E-state index contributed by atoms with van der Waals surface area (Å²) in [4.78, 5) is 0. The molecule has 17 heavy (non-hydrogen) atoms. The fourth-order valence-corrected chi connectivity index (χ4v) is 3.57. The number of rotatable bonds is 5. The van der Waals surface area contributed by atoms with Gasteiger partial charge in [0.25, 0.3) is 0 Å². The highest BCUT2D eigenvalue weighted by atomic mass is 32.2. The molecule has 0 fully saturated rings. The van der Waals surface area contributed by atoms with E-state index in [1.54, 1.807) is 11.8 Å². The van der Waals surface area contributed by atoms with Gasteiger partial charge in [0.1, 0.15) is 0 Å². The Kier molecular flexibility index (Phi) is 4.89. The van der Waals surface area contributed by atoms with Gasteiger partial charge >= 0.3 is 0 Å². The minimum Gasteiger partial charge on any atom is -0.394 e. The summed E-state index contributed by atoms with van der Waals surface area (Å²) in [6.45, 7) is -0.131. The molecular weight excluding hydrogens is 232 g/mol. The highest BCUT2D eigenvalue weighted by Gasteiger charge is 2.19. The van der Waals surface area contributed by atoms with E-state index in [9.17, 15) is 5.11 Å². The molecule has 1 aromatic rings. The van der Waals surface area contributed by atoms with Crippen molar-refractivity contribution in [1.82, 2.24) is 0 Å². The van der Waals surface area contributed by atoms with Crippen LogP contribution in [0.2, 0.25) is 0 Å². The Morgan fingerprint density at radius 2 is 2.18 bits per heavy atom. The van der Waals surface area contributed by atoms with Gasteiger partial charge in [-0.05, 0) is 36.3 Å². The lowest BCUT2D eigenvalue weighted by Crippen LogP contribution is -2.17. The first-order chi connectivity index (χ1) is 8.31. The van der Waals surface area contributed by atoms with Crippen LogP contribution >= 0.6 is 11.8 Å². The van der Waals surface area contributed by atoms with E-state index in [0.29, 0.717) is 11.7 Å². The smallest absolute Gasteiger partial charge is 0.0861 e. The molecule has 2 atom stereocenters. The lowest BCUT2D eigenvalue weighted by Gasteiger charge is -2.25. The average Bonchev–Trinajstić information content (AvgIpc) is 2.39. The summed E-state index contributed by atoms with van der Waals surface area (Å²) in [6, 6.07) is 8.70. The minimum absolute atomic E-state index is 0.131. The first-order valence-corrected chi connectivity index (χ1v) is 7.41. The zero-order chi connectivity index (χ0) is 12.1. The highest BCUT2D eigenvalue weighted by Crippen LogP contribution is 2.33.